The largest absolute Gasteiger partial charge is 0.493 e. The molecule has 3 aromatic carbocycles. The van der Waals surface area contributed by atoms with Crippen molar-refractivity contribution in [3.8, 4) is 45.5 Å². The summed E-state index contributed by atoms with van der Waals surface area (Å²) in [5, 5.41) is 10.3. The molecule has 33 heavy (non-hydrogen) atoms. The molecule has 0 spiro atoms. The number of methoxy groups -OCH3 is 3. The lowest BCUT2D eigenvalue weighted by atomic mass is 10.1. The van der Waals surface area contributed by atoms with Gasteiger partial charge in [-0.25, -0.2) is 18.2 Å². The number of nitrogens with two attached hydrogens (primary N) is 1. The molecule has 0 radical (unpaired) electrons. The van der Waals surface area contributed by atoms with Crippen molar-refractivity contribution >= 4 is 10.0 Å². The van der Waals surface area contributed by atoms with E-state index in [0.717, 1.165) is 5.69 Å². The Morgan fingerprint density at radius 1 is 0.818 bits per heavy atom. The summed E-state index contributed by atoms with van der Waals surface area (Å²) >= 11 is 0. The van der Waals surface area contributed by atoms with Gasteiger partial charge in [0.25, 0.3) is 0 Å². The van der Waals surface area contributed by atoms with Crippen molar-refractivity contribution < 1.29 is 22.6 Å². The smallest absolute Gasteiger partial charge is 0.238 e. The fourth-order valence-electron chi connectivity index (χ4n) is 3.64. The van der Waals surface area contributed by atoms with Gasteiger partial charge in [-0.05, 0) is 36.4 Å². The van der Waals surface area contributed by atoms with Gasteiger partial charge in [0.15, 0.2) is 11.5 Å². The number of hydrogen-bond acceptors (Lipinski definition) is 6. The first-order chi connectivity index (χ1) is 15.9. The Labute approximate surface area is 192 Å². The van der Waals surface area contributed by atoms with Crippen LogP contribution in [0.25, 0.3) is 28.2 Å². The Hall–Kier alpha value is -3.82. The van der Waals surface area contributed by atoms with E-state index in [1.807, 2.05) is 30.3 Å². The second-order valence-electron chi connectivity index (χ2n) is 7.12. The topological polar surface area (TPSA) is 106 Å². The Bertz CT molecular complexity index is 1370. The van der Waals surface area contributed by atoms with E-state index >= 15 is 0 Å². The number of nitrogens with zero attached hydrogens (tertiary/aromatic N) is 2. The van der Waals surface area contributed by atoms with E-state index in [2.05, 4.69) is 0 Å². The molecule has 1 aromatic heterocycles. The quantitative estimate of drug-likeness (QED) is 0.444. The summed E-state index contributed by atoms with van der Waals surface area (Å²) in [6.07, 6.45) is 0. The van der Waals surface area contributed by atoms with E-state index in [1.165, 1.54) is 27.4 Å². The number of ether oxygens (including phenoxy) is 3. The lowest BCUT2D eigenvalue weighted by molar-refractivity contribution is 0.324. The number of hydrogen-bond donors (Lipinski definition) is 1. The van der Waals surface area contributed by atoms with Gasteiger partial charge in [-0.1, -0.05) is 36.4 Å². The zero-order chi connectivity index (χ0) is 23.6. The van der Waals surface area contributed by atoms with Crippen LogP contribution in [0.5, 0.6) is 17.2 Å². The molecule has 0 atom stereocenters. The van der Waals surface area contributed by atoms with Gasteiger partial charge in [0.1, 0.15) is 0 Å². The third-order valence-electron chi connectivity index (χ3n) is 5.14. The predicted molar refractivity (Wildman–Crippen MR) is 125 cm³/mol. The van der Waals surface area contributed by atoms with Crippen LogP contribution in [0.2, 0.25) is 0 Å². The van der Waals surface area contributed by atoms with Gasteiger partial charge in [0, 0.05) is 11.1 Å². The van der Waals surface area contributed by atoms with Gasteiger partial charge in [-0.3, -0.25) is 0 Å². The molecule has 0 aliphatic carbocycles. The minimum atomic E-state index is -3.96. The second-order valence-corrected chi connectivity index (χ2v) is 8.65. The van der Waals surface area contributed by atoms with Gasteiger partial charge >= 0.3 is 0 Å². The second kappa shape index (κ2) is 8.97. The monoisotopic (exact) mass is 465 g/mol. The molecule has 0 unspecified atom stereocenters. The molecule has 0 saturated heterocycles. The van der Waals surface area contributed by atoms with Crippen molar-refractivity contribution in [1.82, 2.24) is 9.78 Å². The van der Waals surface area contributed by atoms with E-state index in [1.54, 1.807) is 41.1 Å². The number of primary sulfonamides is 1. The van der Waals surface area contributed by atoms with Crippen molar-refractivity contribution in [1.29, 1.82) is 0 Å². The van der Waals surface area contributed by atoms with Gasteiger partial charge in [-0.15, -0.1) is 0 Å². The molecule has 9 heteroatoms. The predicted octanol–water partition coefficient (Wildman–Crippen LogP) is 3.88. The first kappa shape index (κ1) is 22.4. The fourth-order valence-corrected chi connectivity index (χ4v) is 4.38. The third kappa shape index (κ3) is 4.28. The average Bonchev–Trinajstić information content (AvgIpc) is 3.28. The van der Waals surface area contributed by atoms with Crippen LogP contribution in [0.3, 0.4) is 0 Å². The summed E-state index contributed by atoms with van der Waals surface area (Å²) in [4.78, 5) is 0.0125. The molecular weight excluding hydrogens is 442 g/mol. The summed E-state index contributed by atoms with van der Waals surface area (Å²) < 4.78 is 42.6. The van der Waals surface area contributed by atoms with Crippen LogP contribution in [0.4, 0.5) is 0 Å². The van der Waals surface area contributed by atoms with Crippen LogP contribution in [-0.4, -0.2) is 39.5 Å². The lowest BCUT2D eigenvalue weighted by Gasteiger charge is -2.13. The Morgan fingerprint density at radius 3 is 2.00 bits per heavy atom. The highest BCUT2D eigenvalue weighted by molar-refractivity contribution is 7.89. The van der Waals surface area contributed by atoms with E-state index < -0.39 is 10.0 Å². The van der Waals surface area contributed by atoms with Crippen molar-refractivity contribution in [2.75, 3.05) is 21.3 Å². The molecule has 0 aliphatic rings. The highest BCUT2D eigenvalue weighted by atomic mass is 32.2. The maximum Gasteiger partial charge on any atom is 0.238 e. The van der Waals surface area contributed by atoms with Crippen LogP contribution in [0, 0.1) is 0 Å². The van der Waals surface area contributed by atoms with Crippen molar-refractivity contribution in [2.24, 2.45) is 5.14 Å². The van der Waals surface area contributed by atoms with Crippen LogP contribution in [0.15, 0.2) is 77.7 Å². The maximum atomic E-state index is 12.3. The molecular formula is C24H23N3O5S. The Morgan fingerprint density at radius 2 is 1.42 bits per heavy atom. The zero-order valence-electron chi connectivity index (χ0n) is 18.3. The van der Waals surface area contributed by atoms with E-state index in [-0.39, 0.29) is 4.90 Å². The molecule has 2 N–H and O–H groups in total. The van der Waals surface area contributed by atoms with Gasteiger partial charge in [0.05, 0.1) is 43.3 Å². The summed E-state index contributed by atoms with van der Waals surface area (Å²) in [5.74, 6) is 1.42. The molecule has 0 fully saturated rings. The highest BCUT2D eigenvalue weighted by Gasteiger charge is 2.22. The van der Waals surface area contributed by atoms with Crippen LogP contribution >= 0.6 is 0 Å². The first-order valence-electron chi connectivity index (χ1n) is 9.95. The molecule has 0 bridgehead atoms. The van der Waals surface area contributed by atoms with E-state index in [9.17, 15) is 8.42 Å². The summed E-state index contributed by atoms with van der Waals surface area (Å²) in [6.45, 7) is 0. The van der Waals surface area contributed by atoms with Crippen LogP contribution in [0.1, 0.15) is 0 Å². The summed E-state index contributed by atoms with van der Waals surface area (Å²) in [6, 6.07) is 21.4. The van der Waals surface area contributed by atoms with Gasteiger partial charge < -0.3 is 14.2 Å². The molecule has 0 saturated carbocycles. The highest BCUT2D eigenvalue weighted by Crippen LogP contribution is 2.42. The van der Waals surface area contributed by atoms with Crippen molar-refractivity contribution in [2.45, 2.75) is 4.90 Å². The maximum absolute atomic E-state index is 12.3. The molecule has 4 aromatic rings. The molecule has 4 rings (SSSR count). The summed E-state index contributed by atoms with van der Waals surface area (Å²) in [7, 11) is 0.648. The normalized spacial score (nSPS) is 11.3. The fraction of sp³-hybridized carbons (Fsp3) is 0.125. The number of sulfonamides is 1. The van der Waals surface area contributed by atoms with Gasteiger partial charge in [-0.2, -0.15) is 5.10 Å². The molecule has 1 heterocycles. The number of para-hydroxylation sites is 1. The number of rotatable bonds is 7. The number of benzene rings is 3. The SMILES string of the molecule is COc1cc(-c2cc(-c3ccccc3S(N)(=O)=O)n(-c3ccccc3)n2)cc(OC)c1OC. The Balaban J connectivity index is 2.00. The van der Waals surface area contributed by atoms with Crippen molar-refractivity contribution in [3.05, 3.63) is 72.8 Å². The molecule has 8 nitrogen and oxygen atoms in total. The average molecular weight is 466 g/mol. The minimum Gasteiger partial charge on any atom is -0.493 e. The standard InChI is InChI=1S/C24H23N3O5S/c1-30-21-13-16(14-22(31-2)24(21)32-3)19-15-20(27(26-19)17-9-5-4-6-10-17)18-11-7-8-12-23(18)33(25,28)29/h4-15H,1-3H3,(H2,25,28,29). The first-order valence-corrected chi connectivity index (χ1v) is 11.5. The zero-order valence-corrected chi connectivity index (χ0v) is 19.2. The third-order valence-corrected chi connectivity index (χ3v) is 6.11. The molecule has 170 valence electrons. The van der Waals surface area contributed by atoms with E-state index in [4.69, 9.17) is 24.4 Å². The van der Waals surface area contributed by atoms with Crippen molar-refractivity contribution in [3.63, 3.8) is 0 Å². The minimum absolute atomic E-state index is 0.0125. The molecule has 0 amide bonds. The van der Waals surface area contributed by atoms with Gasteiger partial charge in [0.2, 0.25) is 15.8 Å². The lowest BCUT2D eigenvalue weighted by Crippen LogP contribution is -2.14. The van der Waals surface area contributed by atoms with Crippen LogP contribution in [-0.2, 0) is 10.0 Å². The van der Waals surface area contributed by atoms with Crippen LogP contribution < -0.4 is 19.3 Å². The Kier molecular flexibility index (Phi) is 6.08. The summed E-state index contributed by atoms with van der Waals surface area (Å²) in [5.41, 5.74) is 3.05. The number of aromatic nitrogens is 2. The van der Waals surface area contributed by atoms with E-state index in [0.29, 0.717) is 39.8 Å². The molecule has 0 aliphatic heterocycles.